The van der Waals surface area contributed by atoms with Crippen molar-refractivity contribution in [3.05, 3.63) is 19.2 Å². The molecule has 6 heteroatoms. The van der Waals surface area contributed by atoms with E-state index in [0.29, 0.717) is 5.56 Å². The van der Waals surface area contributed by atoms with E-state index < -0.39 is 5.54 Å². The molecule has 1 aromatic rings. The average molecular weight is 406 g/mol. The van der Waals surface area contributed by atoms with Crippen molar-refractivity contribution in [2.45, 2.75) is 44.1 Å². The van der Waals surface area contributed by atoms with Gasteiger partial charge in [0.05, 0.1) is 19.2 Å². The normalized spacial score (nSPS) is 18.4. The quantitative estimate of drug-likeness (QED) is 0.729. The van der Waals surface area contributed by atoms with Crippen molar-refractivity contribution in [1.82, 2.24) is 5.32 Å². The fourth-order valence-corrected chi connectivity index (χ4v) is 5.17. The van der Waals surface area contributed by atoms with Crippen LogP contribution in [0, 0.1) is 11.3 Å². The molecule has 1 fully saturated rings. The number of nitrogens with one attached hydrogen (secondary N) is 1. The van der Waals surface area contributed by atoms with Crippen LogP contribution in [0.2, 0.25) is 0 Å². The molecule has 1 aromatic heterocycles. The van der Waals surface area contributed by atoms with E-state index in [2.05, 4.69) is 43.2 Å². The molecular weight excluding hydrogens is 392 g/mol. The van der Waals surface area contributed by atoms with Gasteiger partial charge in [0.15, 0.2) is 0 Å². The van der Waals surface area contributed by atoms with Gasteiger partial charge in [0.25, 0.3) is 5.91 Å². The average Bonchev–Trinajstić information content (AvgIpc) is 2.60. The fourth-order valence-electron chi connectivity index (χ4n) is 2.38. The summed E-state index contributed by atoms with van der Waals surface area (Å²) < 4.78 is 1.69. The lowest BCUT2D eigenvalue weighted by Gasteiger charge is -2.26. The van der Waals surface area contributed by atoms with Gasteiger partial charge in [-0.05, 0) is 50.8 Å². The summed E-state index contributed by atoms with van der Waals surface area (Å²) in [5.41, 5.74) is -0.0997. The smallest absolute Gasteiger partial charge is 0.254 e. The summed E-state index contributed by atoms with van der Waals surface area (Å²) in [6.07, 6.45) is 5.79. The van der Waals surface area contributed by atoms with Crippen LogP contribution in [0.4, 0.5) is 0 Å². The third-order valence-electron chi connectivity index (χ3n) is 3.43. The first kappa shape index (κ1) is 15.0. The van der Waals surface area contributed by atoms with Gasteiger partial charge >= 0.3 is 0 Å². The van der Waals surface area contributed by atoms with E-state index in [0.717, 1.165) is 46.1 Å². The molecule has 0 radical (unpaired) electrons. The van der Waals surface area contributed by atoms with Crippen LogP contribution in [-0.2, 0) is 0 Å². The Morgan fingerprint density at radius 3 is 2.42 bits per heavy atom. The first-order chi connectivity index (χ1) is 9.06. The maximum absolute atomic E-state index is 12.3. The fraction of sp³-hybridized carbons (Fsp3) is 0.538. The van der Waals surface area contributed by atoms with Gasteiger partial charge in [0.2, 0.25) is 0 Å². The summed E-state index contributed by atoms with van der Waals surface area (Å²) in [6.45, 7) is 0. The Hall–Kier alpha value is -0.380. The van der Waals surface area contributed by atoms with Gasteiger partial charge in [-0.15, -0.1) is 11.3 Å². The number of rotatable bonds is 2. The van der Waals surface area contributed by atoms with Crippen LogP contribution < -0.4 is 5.32 Å². The second-order valence-electron chi connectivity index (χ2n) is 4.80. The van der Waals surface area contributed by atoms with Crippen LogP contribution in [0.3, 0.4) is 0 Å². The topological polar surface area (TPSA) is 52.9 Å². The third-order valence-corrected chi connectivity index (χ3v) is 5.76. The Kier molecular flexibility index (Phi) is 5.04. The van der Waals surface area contributed by atoms with Gasteiger partial charge in [-0.1, -0.05) is 25.7 Å². The third kappa shape index (κ3) is 3.59. The van der Waals surface area contributed by atoms with Crippen molar-refractivity contribution in [3.8, 4) is 6.07 Å². The van der Waals surface area contributed by atoms with Crippen LogP contribution in [0.1, 0.15) is 48.9 Å². The van der Waals surface area contributed by atoms with Crippen LogP contribution in [0.5, 0.6) is 0 Å². The number of hydrogen-bond donors (Lipinski definition) is 1. The van der Waals surface area contributed by atoms with Gasteiger partial charge in [0, 0.05) is 0 Å². The molecule has 19 heavy (non-hydrogen) atoms. The Labute approximate surface area is 133 Å². The molecule has 0 spiro atoms. The molecule has 102 valence electrons. The first-order valence-corrected chi connectivity index (χ1v) is 8.65. The number of thiophene rings is 1. The van der Waals surface area contributed by atoms with Gasteiger partial charge < -0.3 is 5.32 Å². The zero-order valence-electron chi connectivity index (χ0n) is 10.3. The summed E-state index contributed by atoms with van der Waals surface area (Å²) in [4.78, 5) is 12.3. The van der Waals surface area contributed by atoms with Crippen molar-refractivity contribution in [1.29, 1.82) is 5.26 Å². The second kappa shape index (κ2) is 6.38. The molecule has 0 saturated heterocycles. The van der Waals surface area contributed by atoms with E-state index in [1.807, 2.05) is 0 Å². The summed E-state index contributed by atoms with van der Waals surface area (Å²) in [7, 11) is 0. The molecule has 1 amide bonds. The molecule has 1 aliphatic rings. The van der Waals surface area contributed by atoms with Crippen LogP contribution in [0.25, 0.3) is 0 Å². The predicted molar refractivity (Wildman–Crippen MR) is 83.2 cm³/mol. The van der Waals surface area contributed by atoms with Gasteiger partial charge in [-0.2, -0.15) is 5.26 Å². The highest BCUT2D eigenvalue weighted by Gasteiger charge is 2.33. The molecular formula is C13H14Br2N2OS. The summed E-state index contributed by atoms with van der Waals surface area (Å²) in [5.74, 6) is -0.169. The minimum Gasteiger partial charge on any atom is -0.334 e. The molecule has 0 bridgehead atoms. The van der Waals surface area contributed by atoms with Gasteiger partial charge in [-0.3, -0.25) is 4.79 Å². The van der Waals surface area contributed by atoms with E-state index in [1.165, 1.54) is 11.3 Å². The molecule has 0 unspecified atom stereocenters. The second-order valence-corrected chi connectivity index (χ2v) is 8.55. The number of nitrogens with zero attached hydrogens (tertiary/aromatic N) is 1. The Morgan fingerprint density at radius 2 is 1.95 bits per heavy atom. The summed E-state index contributed by atoms with van der Waals surface area (Å²) in [6, 6.07) is 4.11. The predicted octanol–water partition coefficient (Wildman–Crippen LogP) is 4.62. The highest BCUT2D eigenvalue weighted by atomic mass is 79.9. The van der Waals surface area contributed by atoms with Crippen molar-refractivity contribution in [2.75, 3.05) is 0 Å². The van der Waals surface area contributed by atoms with Crippen LogP contribution >= 0.6 is 43.2 Å². The maximum atomic E-state index is 12.3. The lowest BCUT2D eigenvalue weighted by Crippen LogP contribution is -2.47. The Bertz CT molecular complexity index is 513. The van der Waals surface area contributed by atoms with Gasteiger partial charge in [0.1, 0.15) is 5.54 Å². The molecule has 3 nitrogen and oxygen atoms in total. The lowest BCUT2D eigenvalue weighted by molar-refractivity contribution is 0.0912. The molecule has 1 aliphatic carbocycles. The Balaban J connectivity index is 2.16. The van der Waals surface area contributed by atoms with Crippen molar-refractivity contribution < 1.29 is 4.79 Å². The largest absolute Gasteiger partial charge is 0.334 e. The molecule has 0 aliphatic heterocycles. The molecule has 1 N–H and O–H groups in total. The molecule has 1 heterocycles. The number of hydrogen-bond acceptors (Lipinski definition) is 3. The standard InChI is InChI=1S/C13H14Br2N2OS/c14-10-7-9(11(15)19-10)12(18)17-13(8-16)5-3-1-2-4-6-13/h7H,1-6H2,(H,17,18). The minimum absolute atomic E-state index is 0.169. The zero-order chi connectivity index (χ0) is 13.9. The molecule has 0 aromatic carbocycles. The minimum atomic E-state index is -0.693. The number of halogens is 2. The molecule has 1 saturated carbocycles. The van der Waals surface area contributed by atoms with Crippen LogP contribution in [-0.4, -0.2) is 11.4 Å². The number of amides is 1. The maximum Gasteiger partial charge on any atom is 0.254 e. The van der Waals surface area contributed by atoms with Crippen molar-refractivity contribution >= 4 is 49.1 Å². The van der Waals surface area contributed by atoms with E-state index in [1.54, 1.807) is 6.07 Å². The summed E-state index contributed by atoms with van der Waals surface area (Å²) >= 11 is 8.21. The van der Waals surface area contributed by atoms with Crippen LogP contribution in [0.15, 0.2) is 13.6 Å². The Morgan fingerprint density at radius 1 is 1.32 bits per heavy atom. The zero-order valence-corrected chi connectivity index (χ0v) is 14.3. The van der Waals surface area contributed by atoms with Gasteiger partial charge in [-0.25, -0.2) is 0 Å². The lowest BCUT2D eigenvalue weighted by atomic mass is 9.91. The molecule has 0 atom stereocenters. The molecule has 2 rings (SSSR count). The van der Waals surface area contributed by atoms with Crippen molar-refractivity contribution in [3.63, 3.8) is 0 Å². The highest BCUT2D eigenvalue weighted by molar-refractivity contribution is 9.12. The highest BCUT2D eigenvalue weighted by Crippen LogP contribution is 2.33. The van der Waals surface area contributed by atoms with E-state index in [-0.39, 0.29) is 5.91 Å². The van der Waals surface area contributed by atoms with E-state index in [4.69, 9.17) is 0 Å². The summed E-state index contributed by atoms with van der Waals surface area (Å²) in [5, 5.41) is 12.4. The number of carbonyl (C=O) groups excluding carboxylic acids is 1. The van der Waals surface area contributed by atoms with Crippen molar-refractivity contribution in [2.24, 2.45) is 0 Å². The monoisotopic (exact) mass is 404 g/mol. The number of nitriles is 1. The number of carbonyl (C=O) groups is 1. The SMILES string of the molecule is N#CC1(NC(=O)c2cc(Br)sc2Br)CCCCCC1. The van der Waals surface area contributed by atoms with E-state index >= 15 is 0 Å². The van der Waals surface area contributed by atoms with E-state index in [9.17, 15) is 10.1 Å². The first-order valence-electron chi connectivity index (χ1n) is 6.25.